The van der Waals surface area contributed by atoms with Crippen LogP contribution in [0.5, 0.6) is 0 Å². The van der Waals surface area contributed by atoms with Crippen LogP contribution in [-0.4, -0.2) is 25.8 Å². The Bertz CT molecular complexity index is 512. The van der Waals surface area contributed by atoms with Gasteiger partial charge in [-0.1, -0.05) is 32.1 Å². The maximum absolute atomic E-state index is 11.8. The van der Waals surface area contributed by atoms with E-state index in [9.17, 15) is 9.90 Å². The van der Waals surface area contributed by atoms with Crippen molar-refractivity contribution in [2.45, 2.75) is 70.1 Å². The van der Waals surface area contributed by atoms with Crippen molar-refractivity contribution in [3.05, 3.63) is 11.6 Å². The average molecular weight is 291 g/mol. The van der Waals surface area contributed by atoms with Gasteiger partial charge in [0.2, 0.25) is 0 Å². The summed E-state index contributed by atoms with van der Waals surface area (Å²) in [6.07, 6.45) is 10.1. The second kappa shape index (κ2) is 5.78. The van der Waals surface area contributed by atoms with Crippen molar-refractivity contribution in [1.82, 2.24) is 14.8 Å². The molecule has 2 aliphatic rings. The minimum Gasteiger partial charge on any atom is -0.481 e. The van der Waals surface area contributed by atoms with Crippen LogP contribution in [0.4, 0.5) is 0 Å². The highest BCUT2D eigenvalue weighted by Gasteiger charge is 2.41. The van der Waals surface area contributed by atoms with E-state index < -0.39 is 11.4 Å². The predicted molar refractivity (Wildman–Crippen MR) is 79.1 cm³/mol. The summed E-state index contributed by atoms with van der Waals surface area (Å²) >= 11 is 0. The van der Waals surface area contributed by atoms with E-state index in [4.69, 9.17) is 4.98 Å². The minimum atomic E-state index is -0.660. The molecule has 1 N–H and O–H groups in total. The van der Waals surface area contributed by atoms with Crippen LogP contribution in [-0.2, 0) is 18.3 Å². The Morgan fingerprint density at radius 1 is 1.24 bits per heavy atom. The van der Waals surface area contributed by atoms with Crippen molar-refractivity contribution in [1.29, 1.82) is 0 Å². The second-order valence-electron chi connectivity index (χ2n) is 6.81. The Kier molecular flexibility index (Phi) is 4.00. The lowest BCUT2D eigenvalue weighted by atomic mass is 9.71. The zero-order valence-electron chi connectivity index (χ0n) is 12.8. The summed E-state index contributed by atoms with van der Waals surface area (Å²) in [6.45, 7) is 0. The van der Waals surface area contributed by atoms with Gasteiger partial charge in [0, 0.05) is 19.4 Å². The normalized spacial score (nSPS) is 22.5. The molecular formula is C16H25N3O2. The summed E-state index contributed by atoms with van der Waals surface area (Å²) in [6, 6.07) is 0. The van der Waals surface area contributed by atoms with Crippen molar-refractivity contribution < 1.29 is 9.90 Å². The van der Waals surface area contributed by atoms with Gasteiger partial charge in [0.05, 0.1) is 5.41 Å². The van der Waals surface area contributed by atoms with Crippen LogP contribution in [0.1, 0.15) is 75.4 Å². The number of nitrogens with zero attached hydrogens (tertiary/aromatic N) is 3. The Balaban J connectivity index is 1.81. The third-order valence-corrected chi connectivity index (χ3v) is 5.35. The van der Waals surface area contributed by atoms with Gasteiger partial charge >= 0.3 is 5.97 Å². The highest BCUT2D eigenvalue weighted by Crippen LogP contribution is 2.40. The molecule has 0 radical (unpaired) electrons. The second-order valence-corrected chi connectivity index (χ2v) is 6.81. The van der Waals surface area contributed by atoms with Crippen molar-refractivity contribution in [2.24, 2.45) is 12.5 Å². The fourth-order valence-electron chi connectivity index (χ4n) is 3.95. The highest BCUT2D eigenvalue weighted by atomic mass is 16.4. The fraction of sp³-hybridized carbons (Fsp3) is 0.812. The summed E-state index contributed by atoms with van der Waals surface area (Å²) in [4.78, 5) is 16.5. The van der Waals surface area contributed by atoms with E-state index in [1.165, 1.54) is 25.7 Å². The van der Waals surface area contributed by atoms with Crippen LogP contribution in [0.3, 0.4) is 0 Å². The third kappa shape index (κ3) is 2.83. The number of aromatic nitrogens is 3. The molecule has 1 heterocycles. The summed E-state index contributed by atoms with van der Waals surface area (Å²) in [5.41, 5.74) is -0.619. The zero-order valence-corrected chi connectivity index (χ0v) is 12.8. The minimum absolute atomic E-state index is 0.483. The molecule has 0 aromatic carbocycles. The van der Waals surface area contributed by atoms with Crippen LogP contribution in [0.2, 0.25) is 0 Å². The smallest absolute Gasteiger partial charge is 0.310 e. The van der Waals surface area contributed by atoms with Crippen LogP contribution < -0.4 is 0 Å². The lowest BCUT2D eigenvalue weighted by molar-refractivity contribution is -0.151. The monoisotopic (exact) mass is 291 g/mol. The number of carbonyl (C=O) groups is 1. The van der Waals surface area contributed by atoms with E-state index in [0.29, 0.717) is 12.3 Å². The van der Waals surface area contributed by atoms with E-state index >= 15 is 0 Å². The van der Waals surface area contributed by atoms with Gasteiger partial charge in [-0.3, -0.25) is 9.48 Å². The van der Waals surface area contributed by atoms with Gasteiger partial charge in [0.25, 0.3) is 0 Å². The Morgan fingerprint density at radius 3 is 2.52 bits per heavy atom. The first kappa shape index (κ1) is 14.5. The molecule has 1 aromatic rings. The lowest BCUT2D eigenvalue weighted by Gasteiger charge is -2.32. The molecule has 0 unspecified atom stereocenters. The third-order valence-electron chi connectivity index (χ3n) is 5.35. The number of carboxylic acids is 1. The molecule has 2 saturated carbocycles. The topological polar surface area (TPSA) is 68.0 Å². The molecule has 5 nitrogen and oxygen atoms in total. The quantitative estimate of drug-likeness (QED) is 0.925. The Morgan fingerprint density at radius 2 is 1.90 bits per heavy atom. The molecule has 3 rings (SSSR count). The molecular weight excluding hydrogens is 266 g/mol. The molecule has 21 heavy (non-hydrogen) atoms. The number of rotatable bonds is 4. The van der Waals surface area contributed by atoms with Crippen molar-refractivity contribution in [3.8, 4) is 0 Å². The van der Waals surface area contributed by atoms with Crippen LogP contribution in [0, 0.1) is 5.41 Å². The SMILES string of the molecule is Cn1nc(C2CCCC2)nc1CC1(C(=O)O)CCCCC1. The van der Waals surface area contributed by atoms with E-state index in [0.717, 1.165) is 43.8 Å². The number of aliphatic carboxylic acids is 1. The van der Waals surface area contributed by atoms with Crippen molar-refractivity contribution in [3.63, 3.8) is 0 Å². The van der Waals surface area contributed by atoms with Gasteiger partial charge in [-0.15, -0.1) is 0 Å². The van der Waals surface area contributed by atoms with Gasteiger partial charge in [-0.2, -0.15) is 5.10 Å². The molecule has 0 aliphatic heterocycles. The molecule has 116 valence electrons. The van der Waals surface area contributed by atoms with E-state index in [2.05, 4.69) is 5.10 Å². The fourth-order valence-corrected chi connectivity index (χ4v) is 3.95. The predicted octanol–water partition coefficient (Wildman–Crippen LogP) is 3.05. The molecule has 0 atom stereocenters. The van der Waals surface area contributed by atoms with Gasteiger partial charge in [0.15, 0.2) is 5.82 Å². The van der Waals surface area contributed by atoms with Gasteiger partial charge in [0.1, 0.15) is 5.82 Å². The highest BCUT2D eigenvalue weighted by molar-refractivity contribution is 5.75. The van der Waals surface area contributed by atoms with Crippen LogP contribution in [0.15, 0.2) is 0 Å². The van der Waals surface area contributed by atoms with Crippen molar-refractivity contribution in [2.75, 3.05) is 0 Å². The largest absolute Gasteiger partial charge is 0.481 e. The number of aryl methyl sites for hydroxylation is 1. The van der Waals surface area contributed by atoms with Gasteiger partial charge in [-0.25, -0.2) is 4.98 Å². The zero-order chi connectivity index (χ0) is 14.9. The average Bonchev–Trinajstić information content (AvgIpc) is 3.10. The van der Waals surface area contributed by atoms with Gasteiger partial charge in [-0.05, 0) is 25.7 Å². The molecule has 2 aliphatic carbocycles. The summed E-state index contributed by atoms with van der Waals surface area (Å²) in [7, 11) is 1.90. The molecule has 0 saturated heterocycles. The Labute approximate surface area is 125 Å². The summed E-state index contributed by atoms with van der Waals surface area (Å²) in [5.74, 6) is 1.60. The molecule has 1 aromatic heterocycles. The first-order chi connectivity index (χ1) is 10.1. The van der Waals surface area contributed by atoms with Crippen LogP contribution >= 0.6 is 0 Å². The molecule has 0 bridgehead atoms. The lowest BCUT2D eigenvalue weighted by Crippen LogP contribution is -2.36. The first-order valence-corrected chi connectivity index (χ1v) is 8.24. The standard InChI is InChI=1S/C16H25N3O2/c1-19-13(17-14(18-19)12-7-3-4-8-12)11-16(15(20)21)9-5-2-6-10-16/h12H,2-11H2,1H3,(H,20,21). The molecule has 5 heteroatoms. The molecule has 0 amide bonds. The Hall–Kier alpha value is -1.39. The number of carboxylic acid groups (broad SMARTS) is 1. The number of hydrogen-bond acceptors (Lipinski definition) is 3. The van der Waals surface area contributed by atoms with E-state index in [1.807, 2.05) is 11.7 Å². The van der Waals surface area contributed by atoms with E-state index in [-0.39, 0.29) is 0 Å². The summed E-state index contributed by atoms with van der Waals surface area (Å²) in [5, 5.41) is 14.3. The van der Waals surface area contributed by atoms with E-state index in [1.54, 1.807) is 0 Å². The summed E-state index contributed by atoms with van der Waals surface area (Å²) < 4.78 is 1.81. The van der Waals surface area contributed by atoms with Crippen molar-refractivity contribution >= 4 is 5.97 Å². The number of hydrogen-bond donors (Lipinski definition) is 1. The van der Waals surface area contributed by atoms with Crippen LogP contribution in [0.25, 0.3) is 0 Å². The maximum atomic E-state index is 11.8. The molecule has 0 spiro atoms. The molecule has 2 fully saturated rings. The van der Waals surface area contributed by atoms with Gasteiger partial charge < -0.3 is 5.11 Å². The first-order valence-electron chi connectivity index (χ1n) is 8.24. The maximum Gasteiger partial charge on any atom is 0.310 e.